The zero-order valence-electron chi connectivity index (χ0n) is 11.8. The topological polar surface area (TPSA) is 92.4 Å². The minimum Gasteiger partial charge on any atom is -0.481 e. The predicted molar refractivity (Wildman–Crippen MR) is 74.9 cm³/mol. The van der Waals surface area contributed by atoms with Crippen molar-refractivity contribution in [1.29, 1.82) is 0 Å². The molecule has 0 aliphatic heterocycles. The van der Waals surface area contributed by atoms with Crippen LogP contribution in [0.2, 0.25) is 0 Å². The van der Waals surface area contributed by atoms with Gasteiger partial charge in [-0.05, 0) is 12.5 Å². The quantitative estimate of drug-likeness (QED) is 0.880. The second kappa shape index (κ2) is 6.21. The van der Waals surface area contributed by atoms with Crippen LogP contribution in [0.5, 0.6) is 0 Å². The molecule has 0 saturated heterocycles. The van der Waals surface area contributed by atoms with Crippen molar-refractivity contribution in [3.05, 3.63) is 53.2 Å². The van der Waals surface area contributed by atoms with E-state index in [4.69, 9.17) is 9.52 Å². The van der Waals surface area contributed by atoms with Gasteiger partial charge in [-0.25, -0.2) is 4.98 Å². The Morgan fingerprint density at radius 2 is 1.95 bits per heavy atom. The molecular formula is C15H16N2O4. The third kappa shape index (κ3) is 3.68. The maximum atomic E-state index is 12.2. The van der Waals surface area contributed by atoms with E-state index in [-0.39, 0.29) is 12.2 Å². The minimum atomic E-state index is -0.991. The molecule has 0 radical (unpaired) electrons. The predicted octanol–water partition coefficient (Wildman–Crippen LogP) is 2.24. The van der Waals surface area contributed by atoms with Crippen LogP contribution in [-0.4, -0.2) is 22.0 Å². The van der Waals surface area contributed by atoms with Crippen LogP contribution in [0.4, 0.5) is 0 Å². The molecule has 0 spiro atoms. The van der Waals surface area contributed by atoms with Gasteiger partial charge >= 0.3 is 5.97 Å². The van der Waals surface area contributed by atoms with Crippen molar-refractivity contribution in [3.63, 3.8) is 0 Å². The lowest BCUT2D eigenvalue weighted by Gasteiger charge is -2.16. The number of aryl methyl sites for hydroxylation is 2. The summed E-state index contributed by atoms with van der Waals surface area (Å²) in [7, 11) is 0. The van der Waals surface area contributed by atoms with E-state index in [1.165, 1.54) is 0 Å². The Bertz CT molecular complexity index is 649. The highest BCUT2D eigenvalue weighted by molar-refractivity contribution is 5.93. The van der Waals surface area contributed by atoms with Crippen molar-refractivity contribution in [1.82, 2.24) is 10.3 Å². The van der Waals surface area contributed by atoms with E-state index in [9.17, 15) is 9.59 Å². The summed E-state index contributed by atoms with van der Waals surface area (Å²) in [6.45, 7) is 3.32. The molecule has 1 atom stereocenters. The first-order valence-corrected chi connectivity index (χ1v) is 6.49. The zero-order valence-corrected chi connectivity index (χ0v) is 11.8. The van der Waals surface area contributed by atoms with Crippen LogP contribution in [-0.2, 0) is 4.79 Å². The number of benzene rings is 1. The summed E-state index contributed by atoms with van der Waals surface area (Å²) < 4.78 is 5.25. The third-order valence-corrected chi connectivity index (χ3v) is 3.00. The number of carboxylic acids is 1. The largest absolute Gasteiger partial charge is 0.481 e. The molecule has 0 bridgehead atoms. The molecule has 1 heterocycles. The van der Waals surface area contributed by atoms with Crippen LogP contribution >= 0.6 is 0 Å². The molecule has 2 aromatic rings. The van der Waals surface area contributed by atoms with E-state index in [0.717, 1.165) is 5.56 Å². The van der Waals surface area contributed by atoms with Crippen molar-refractivity contribution in [2.24, 2.45) is 0 Å². The Hall–Kier alpha value is -2.63. The normalized spacial score (nSPS) is 11.9. The van der Waals surface area contributed by atoms with Crippen LogP contribution < -0.4 is 5.32 Å². The molecule has 1 aromatic heterocycles. The molecule has 21 heavy (non-hydrogen) atoms. The van der Waals surface area contributed by atoms with Crippen molar-refractivity contribution in [2.75, 3.05) is 0 Å². The maximum Gasteiger partial charge on any atom is 0.305 e. The van der Waals surface area contributed by atoms with Gasteiger partial charge in [0.2, 0.25) is 5.76 Å². The van der Waals surface area contributed by atoms with E-state index in [0.29, 0.717) is 11.6 Å². The Kier molecular flexibility index (Phi) is 4.37. The summed E-state index contributed by atoms with van der Waals surface area (Å²) in [4.78, 5) is 27.2. The van der Waals surface area contributed by atoms with Gasteiger partial charge in [-0.3, -0.25) is 9.59 Å². The number of hydrogen-bond acceptors (Lipinski definition) is 4. The lowest BCUT2D eigenvalue weighted by Crippen LogP contribution is -2.30. The number of nitrogens with one attached hydrogen (secondary N) is 1. The molecule has 1 aromatic carbocycles. The summed E-state index contributed by atoms with van der Waals surface area (Å²) in [5, 5.41) is 11.7. The smallest absolute Gasteiger partial charge is 0.305 e. The van der Waals surface area contributed by atoms with Crippen LogP contribution in [0.1, 0.15) is 40.2 Å². The number of rotatable bonds is 5. The van der Waals surface area contributed by atoms with Crippen molar-refractivity contribution in [3.8, 4) is 0 Å². The number of hydrogen-bond donors (Lipinski definition) is 2. The number of carboxylic acid groups (broad SMARTS) is 1. The molecule has 6 nitrogen and oxygen atoms in total. The fraction of sp³-hybridized carbons (Fsp3) is 0.267. The number of aliphatic carboxylic acids is 1. The molecule has 2 N–H and O–H groups in total. The van der Waals surface area contributed by atoms with E-state index in [1.54, 1.807) is 38.1 Å². The van der Waals surface area contributed by atoms with Crippen LogP contribution in [0.3, 0.4) is 0 Å². The number of carbonyl (C=O) groups excluding carboxylic acids is 1. The first-order valence-electron chi connectivity index (χ1n) is 6.49. The second-order valence-corrected chi connectivity index (χ2v) is 4.68. The summed E-state index contributed by atoms with van der Waals surface area (Å²) >= 11 is 0. The summed E-state index contributed by atoms with van der Waals surface area (Å²) in [5.41, 5.74) is 1.20. The van der Waals surface area contributed by atoms with Gasteiger partial charge in [0.25, 0.3) is 5.91 Å². The number of carbonyl (C=O) groups is 2. The molecule has 0 fully saturated rings. The Labute approximate surface area is 121 Å². The van der Waals surface area contributed by atoms with E-state index < -0.39 is 17.9 Å². The third-order valence-electron chi connectivity index (χ3n) is 3.00. The average molecular weight is 288 g/mol. The van der Waals surface area contributed by atoms with Gasteiger partial charge in [0.15, 0.2) is 5.89 Å². The lowest BCUT2D eigenvalue weighted by atomic mass is 10.0. The molecule has 0 saturated carbocycles. The first kappa shape index (κ1) is 14.8. The van der Waals surface area contributed by atoms with E-state index >= 15 is 0 Å². The fourth-order valence-electron chi connectivity index (χ4n) is 2.08. The second-order valence-electron chi connectivity index (χ2n) is 4.68. The molecular weight excluding hydrogens is 272 g/mol. The summed E-state index contributed by atoms with van der Waals surface area (Å²) in [6, 6.07) is 8.33. The number of oxazole rings is 1. The van der Waals surface area contributed by atoms with Gasteiger partial charge in [0.05, 0.1) is 18.2 Å². The van der Waals surface area contributed by atoms with Crippen molar-refractivity contribution < 1.29 is 19.1 Å². The molecule has 0 aliphatic carbocycles. The molecule has 1 amide bonds. The van der Waals surface area contributed by atoms with Crippen LogP contribution in [0, 0.1) is 13.8 Å². The summed E-state index contributed by atoms with van der Waals surface area (Å²) in [5.74, 6) is -0.955. The Morgan fingerprint density at radius 1 is 1.29 bits per heavy atom. The average Bonchev–Trinajstić information content (AvgIpc) is 2.77. The van der Waals surface area contributed by atoms with E-state index in [2.05, 4.69) is 10.3 Å². The molecule has 2 rings (SSSR count). The van der Waals surface area contributed by atoms with Crippen LogP contribution in [0.25, 0.3) is 0 Å². The van der Waals surface area contributed by atoms with Crippen LogP contribution in [0.15, 0.2) is 34.7 Å². The minimum absolute atomic E-state index is 0.110. The molecule has 6 heteroatoms. The number of nitrogens with zero attached hydrogens (tertiary/aromatic N) is 1. The Morgan fingerprint density at radius 3 is 2.48 bits per heavy atom. The maximum absolute atomic E-state index is 12.2. The van der Waals surface area contributed by atoms with Gasteiger partial charge < -0.3 is 14.8 Å². The van der Waals surface area contributed by atoms with Gasteiger partial charge in [-0.1, -0.05) is 30.3 Å². The van der Waals surface area contributed by atoms with Gasteiger partial charge in [0.1, 0.15) is 0 Å². The van der Waals surface area contributed by atoms with Gasteiger partial charge in [-0.15, -0.1) is 0 Å². The Balaban J connectivity index is 2.21. The number of aromatic nitrogens is 1. The highest BCUT2D eigenvalue weighted by Crippen LogP contribution is 2.18. The molecule has 110 valence electrons. The fourth-order valence-corrected chi connectivity index (χ4v) is 2.08. The lowest BCUT2D eigenvalue weighted by molar-refractivity contribution is -0.137. The van der Waals surface area contributed by atoms with E-state index in [1.807, 2.05) is 6.07 Å². The standard InChI is InChI=1S/C15H16N2O4/c1-9-14(21-10(2)16-9)15(20)17-12(8-13(18)19)11-6-4-3-5-7-11/h3-7,12H,8H2,1-2H3,(H,17,20)(H,18,19)/t12-/m0/s1. The monoisotopic (exact) mass is 288 g/mol. The summed E-state index contributed by atoms with van der Waals surface area (Å²) in [6.07, 6.45) is -0.206. The highest BCUT2D eigenvalue weighted by atomic mass is 16.4. The molecule has 0 aliphatic rings. The van der Waals surface area contributed by atoms with Crippen molar-refractivity contribution >= 4 is 11.9 Å². The van der Waals surface area contributed by atoms with Gasteiger partial charge in [0, 0.05) is 6.92 Å². The highest BCUT2D eigenvalue weighted by Gasteiger charge is 2.22. The zero-order chi connectivity index (χ0) is 15.4. The number of amides is 1. The first-order chi connectivity index (χ1) is 9.97. The molecule has 0 unspecified atom stereocenters. The SMILES string of the molecule is Cc1nc(C)c(C(=O)N[C@@H](CC(=O)O)c2ccccc2)o1. The van der Waals surface area contributed by atoms with Crippen molar-refractivity contribution in [2.45, 2.75) is 26.3 Å². The van der Waals surface area contributed by atoms with Gasteiger partial charge in [-0.2, -0.15) is 0 Å².